The van der Waals surface area contributed by atoms with Crippen LogP contribution in [0.4, 0.5) is 14.9 Å². The lowest BCUT2D eigenvalue weighted by atomic mass is 9.94. The van der Waals surface area contributed by atoms with Crippen LogP contribution in [0.25, 0.3) is 0 Å². The summed E-state index contributed by atoms with van der Waals surface area (Å²) >= 11 is 6.48. The quantitative estimate of drug-likeness (QED) is 0.229. The zero-order valence-corrected chi connectivity index (χ0v) is 26.3. The van der Waals surface area contributed by atoms with Crippen LogP contribution in [0, 0.1) is 11.2 Å². The minimum absolute atomic E-state index is 0.0305. The topological polar surface area (TPSA) is 126 Å². The molecule has 3 aromatic carbocycles. The first-order valence-electron chi connectivity index (χ1n) is 14.4. The van der Waals surface area contributed by atoms with E-state index in [1.165, 1.54) is 13.2 Å². The molecule has 0 bridgehead atoms. The van der Waals surface area contributed by atoms with Gasteiger partial charge in [-0.1, -0.05) is 62.7 Å². The Balaban J connectivity index is 1.73. The van der Waals surface area contributed by atoms with E-state index in [2.05, 4.69) is 10.6 Å². The predicted molar refractivity (Wildman–Crippen MR) is 167 cm³/mol. The van der Waals surface area contributed by atoms with Gasteiger partial charge in [-0.3, -0.25) is 9.59 Å². The molecule has 4 rings (SSSR count). The van der Waals surface area contributed by atoms with E-state index in [4.69, 9.17) is 30.9 Å². The molecule has 0 aromatic heterocycles. The van der Waals surface area contributed by atoms with Crippen molar-refractivity contribution in [2.24, 2.45) is 5.41 Å². The second-order valence-electron chi connectivity index (χ2n) is 11.7. The summed E-state index contributed by atoms with van der Waals surface area (Å²) in [7, 11) is 1.46. The van der Waals surface area contributed by atoms with Crippen molar-refractivity contribution in [1.82, 2.24) is 10.6 Å². The number of benzene rings is 3. The van der Waals surface area contributed by atoms with Crippen molar-refractivity contribution >= 4 is 35.2 Å². The fourth-order valence-corrected chi connectivity index (χ4v) is 5.23. The number of rotatable bonds is 11. The second-order valence-corrected chi connectivity index (χ2v) is 12.2. The first kappa shape index (κ1) is 33.5. The third-order valence-corrected chi connectivity index (χ3v) is 7.21. The first-order valence-corrected chi connectivity index (χ1v) is 14.8. The Morgan fingerprint density at radius 1 is 1.07 bits per heavy atom. The van der Waals surface area contributed by atoms with Crippen LogP contribution in [-0.2, 0) is 20.9 Å². The lowest BCUT2D eigenvalue weighted by Crippen LogP contribution is -2.45. The van der Waals surface area contributed by atoms with E-state index in [0.717, 1.165) is 0 Å². The number of hydrogen-bond acceptors (Lipinski definition) is 6. The number of nitrogens with zero attached hydrogens (tertiary/aromatic N) is 1. The van der Waals surface area contributed by atoms with Crippen molar-refractivity contribution in [2.75, 3.05) is 31.7 Å². The van der Waals surface area contributed by atoms with E-state index in [-0.39, 0.29) is 31.5 Å². The smallest absolute Gasteiger partial charge is 0.404 e. The van der Waals surface area contributed by atoms with Gasteiger partial charge in [0.05, 0.1) is 20.1 Å². The molecule has 0 saturated heterocycles. The predicted octanol–water partition coefficient (Wildman–Crippen LogP) is 5.71. The molecule has 3 aromatic rings. The van der Waals surface area contributed by atoms with Gasteiger partial charge in [0, 0.05) is 40.5 Å². The van der Waals surface area contributed by atoms with Crippen molar-refractivity contribution in [2.45, 2.75) is 45.9 Å². The number of carbonyl (C=O) groups excluding carboxylic acids is 2. The second kappa shape index (κ2) is 14.6. The number of methoxy groups -OCH3 is 1. The van der Waals surface area contributed by atoms with Crippen LogP contribution >= 0.6 is 11.6 Å². The lowest BCUT2D eigenvalue weighted by molar-refractivity contribution is -0.138. The maximum absolute atomic E-state index is 14.2. The highest BCUT2D eigenvalue weighted by molar-refractivity contribution is 6.30. The molecule has 0 unspecified atom stereocenters. The molecule has 0 fully saturated rings. The fraction of sp³-hybridized carbons (Fsp3) is 0.364. The van der Waals surface area contributed by atoms with Crippen molar-refractivity contribution in [3.63, 3.8) is 0 Å². The van der Waals surface area contributed by atoms with Crippen molar-refractivity contribution in [3.8, 4) is 11.5 Å². The molecule has 240 valence electrons. The highest BCUT2D eigenvalue weighted by Gasteiger charge is 2.40. The van der Waals surface area contributed by atoms with Gasteiger partial charge in [0.1, 0.15) is 24.6 Å². The number of para-hydroxylation sites is 1. The molecule has 1 aliphatic heterocycles. The molecule has 1 aliphatic rings. The largest absolute Gasteiger partial charge is 0.492 e. The van der Waals surface area contributed by atoms with Crippen LogP contribution in [0.2, 0.25) is 5.02 Å². The van der Waals surface area contributed by atoms with Gasteiger partial charge in [-0.2, -0.15) is 0 Å². The summed E-state index contributed by atoms with van der Waals surface area (Å²) in [5.41, 5.74) is 1.65. The monoisotopic (exact) mass is 641 g/mol. The fourth-order valence-electron chi connectivity index (χ4n) is 5.05. The van der Waals surface area contributed by atoms with Crippen molar-refractivity contribution < 1.29 is 38.1 Å². The van der Waals surface area contributed by atoms with Gasteiger partial charge < -0.3 is 34.9 Å². The van der Waals surface area contributed by atoms with Crippen LogP contribution in [0.5, 0.6) is 11.5 Å². The number of nitrogens with one attached hydrogen (secondary N) is 2. The standard InChI is InChI=1S/C33H37ClFN3O7/c1-33(2,3)19-38-25-13-12-21(34)16-23(25)29(22-9-7-11-26(30(22)43-4)44-15-14-36-32(41)42)45-27(31(38)40)17-28(39)37-18-20-8-5-6-10-24(20)35/h5-13,16,27,29,36H,14-15,17-19H2,1-4H3,(H,37,39)(H,41,42)/t27-,29-/m1/s1. The zero-order valence-electron chi connectivity index (χ0n) is 25.6. The molecule has 1 heterocycles. The molecule has 12 heteroatoms. The molecule has 0 saturated carbocycles. The van der Waals surface area contributed by atoms with E-state index >= 15 is 0 Å². The van der Waals surface area contributed by atoms with Crippen molar-refractivity contribution in [1.29, 1.82) is 0 Å². The van der Waals surface area contributed by atoms with Crippen LogP contribution in [0.15, 0.2) is 60.7 Å². The van der Waals surface area contributed by atoms with Gasteiger partial charge in [0.15, 0.2) is 11.5 Å². The number of ether oxygens (including phenoxy) is 3. The summed E-state index contributed by atoms with van der Waals surface area (Å²) in [4.78, 5) is 39.8. The molecule has 3 amide bonds. The zero-order chi connectivity index (χ0) is 32.7. The van der Waals surface area contributed by atoms with Crippen LogP contribution in [0.3, 0.4) is 0 Å². The number of anilines is 1. The maximum Gasteiger partial charge on any atom is 0.404 e. The Kier molecular flexibility index (Phi) is 10.9. The summed E-state index contributed by atoms with van der Waals surface area (Å²) < 4.78 is 32.3. The number of carbonyl (C=O) groups is 3. The van der Waals surface area contributed by atoms with Gasteiger partial charge in [-0.05, 0) is 35.7 Å². The molecule has 0 radical (unpaired) electrons. The van der Waals surface area contributed by atoms with E-state index in [1.807, 2.05) is 20.8 Å². The summed E-state index contributed by atoms with van der Waals surface area (Å²) in [6, 6.07) is 16.4. The number of fused-ring (bicyclic) bond motifs is 1. The Bertz CT molecular complexity index is 1540. The Morgan fingerprint density at radius 2 is 1.82 bits per heavy atom. The molecule has 10 nitrogen and oxygen atoms in total. The Labute approximate surface area is 266 Å². The summed E-state index contributed by atoms with van der Waals surface area (Å²) in [6.07, 6.45) is -3.65. The van der Waals surface area contributed by atoms with Crippen LogP contribution < -0.4 is 25.0 Å². The van der Waals surface area contributed by atoms with E-state index in [1.54, 1.807) is 59.5 Å². The van der Waals surface area contributed by atoms with E-state index in [9.17, 15) is 18.8 Å². The van der Waals surface area contributed by atoms with Gasteiger partial charge in [0.25, 0.3) is 5.91 Å². The number of halogens is 2. The van der Waals surface area contributed by atoms with E-state index < -0.39 is 35.9 Å². The number of hydrogen-bond donors (Lipinski definition) is 3. The first-order chi connectivity index (χ1) is 21.4. The maximum atomic E-state index is 14.2. The van der Waals surface area contributed by atoms with Gasteiger partial charge >= 0.3 is 6.09 Å². The molecular weight excluding hydrogens is 605 g/mol. The van der Waals surface area contributed by atoms with Gasteiger partial charge in [-0.15, -0.1) is 0 Å². The minimum atomic E-state index is -1.22. The number of amides is 3. The third-order valence-electron chi connectivity index (χ3n) is 6.97. The van der Waals surface area contributed by atoms with Gasteiger partial charge in [0.2, 0.25) is 5.91 Å². The normalized spacial score (nSPS) is 16.4. The summed E-state index contributed by atoms with van der Waals surface area (Å²) in [5.74, 6) is -0.719. The lowest BCUT2D eigenvalue weighted by Gasteiger charge is -2.31. The molecule has 2 atom stereocenters. The Hall–Kier alpha value is -4.35. The summed E-state index contributed by atoms with van der Waals surface area (Å²) in [5, 5.41) is 14.2. The molecule has 0 aliphatic carbocycles. The third kappa shape index (κ3) is 8.64. The van der Waals surface area contributed by atoms with Crippen LogP contribution in [0.1, 0.15) is 50.0 Å². The summed E-state index contributed by atoms with van der Waals surface area (Å²) in [6.45, 7) is 6.33. The SMILES string of the molecule is COc1c(OCCNC(=O)O)cccc1[C@H]1O[C@H](CC(=O)NCc2ccccc2F)C(=O)N(CC(C)(C)C)c2ccc(Cl)cc21. The average molecular weight is 642 g/mol. The molecular formula is C33H37ClFN3O7. The van der Waals surface area contributed by atoms with Crippen molar-refractivity contribution in [3.05, 3.63) is 88.2 Å². The highest BCUT2D eigenvalue weighted by atomic mass is 35.5. The van der Waals surface area contributed by atoms with Crippen LogP contribution in [-0.4, -0.2) is 55.9 Å². The van der Waals surface area contributed by atoms with Gasteiger partial charge in [-0.25, -0.2) is 9.18 Å². The van der Waals surface area contributed by atoms with E-state index in [0.29, 0.717) is 45.4 Å². The molecule has 3 N–H and O–H groups in total. The molecule has 0 spiro atoms. The average Bonchev–Trinajstić information content (AvgIpc) is 3.08. The minimum Gasteiger partial charge on any atom is -0.492 e. The Morgan fingerprint density at radius 3 is 2.51 bits per heavy atom. The number of carboxylic acid groups (broad SMARTS) is 1. The highest BCUT2D eigenvalue weighted by Crippen LogP contribution is 2.45. The molecule has 45 heavy (non-hydrogen) atoms.